The lowest BCUT2D eigenvalue weighted by molar-refractivity contribution is -0.141. The Morgan fingerprint density at radius 3 is 2.34 bits per heavy atom. The van der Waals surface area contributed by atoms with Crippen molar-refractivity contribution in [3.05, 3.63) is 68.8 Å². The summed E-state index contributed by atoms with van der Waals surface area (Å²) in [6, 6.07) is 3.05. The average molecular weight is 492 g/mol. The molecule has 0 fully saturated rings. The van der Waals surface area contributed by atoms with Gasteiger partial charge in [0.1, 0.15) is 11.4 Å². The van der Waals surface area contributed by atoms with E-state index in [2.05, 4.69) is 25.4 Å². The molecule has 0 bridgehead atoms. The summed E-state index contributed by atoms with van der Waals surface area (Å²) >= 11 is 0. The largest absolute Gasteiger partial charge is 0.455 e. The number of hydrogen-bond donors (Lipinski definition) is 1. The van der Waals surface area contributed by atoms with E-state index in [1.54, 1.807) is 0 Å². The lowest BCUT2D eigenvalue weighted by atomic mass is 10.0. The first-order chi connectivity index (χ1) is 16.4. The number of H-pyrrole nitrogens is 1. The van der Waals surface area contributed by atoms with Gasteiger partial charge in [-0.2, -0.15) is 18.0 Å². The second kappa shape index (κ2) is 8.56. The highest BCUT2D eigenvalue weighted by Crippen LogP contribution is 2.41. The highest BCUT2D eigenvalue weighted by molar-refractivity contribution is 5.74. The van der Waals surface area contributed by atoms with Crippen LogP contribution in [-0.2, 0) is 13.2 Å². The summed E-state index contributed by atoms with van der Waals surface area (Å²) in [5.74, 6) is -2.57. The minimum atomic E-state index is -4.80. The van der Waals surface area contributed by atoms with Gasteiger partial charge in [-0.1, -0.05) is 0 Å². The lowest BCUT2D eigenvalue weighted by Gasteiger charge is -2.19. The minimum Gasteiger partial charge on any atom is -0.455 e. The molecule has 0 aliphatic carbocycles. The molecule has 8 nitrogen and oxygen atoms in total. The lowest BCUT2D eigenvalue weighted by Crippen LogP contribution is -2.14. The first-order valence-electron chi connectivity index (χ1n) is 10.1. The van der Waals surface area contributed by atoms with Crippen LogP contribution in [0.1, 0.15) is 22.5 Å². The van der Waals surface area contributed by atoms with Crippen molar-refractivity contribution in [2.24, 2.45) is 7.05 Å². The summed E-state index contributed by atoms with van der Waals surface area (Å²) in [5.41, 5.74) is -2.10. The standard InChI is InChI=1S/C22H17F5N6O2/c1-9-15(6-5-12(23)19(9)24)35-16-8-28-20(22(25,26)27)10(2)17(16)13-7-14(34)18(11(3)29-13)21-30-32-33(4)31-21/h5-8H,1-4H3,(H,29,34). The molecule has 13 heteroatoms. The number of hydrogen-bond acceptors (Lipinski definition) is 6. The summed E-state index contributed by atoms with van der Waals surface area (Å²) in [5, 5.41) is 11.5. The monoisotopic (exact) mass is 492 g/mol. The van der Waals surface area contributed by atoms with Gasteiger partial charge in [-0.3, -0.25) is 4.79 Å². The number of rotatable bonds is 4. The molecule has 1 aromatic carbocycles. The number of aryl methyl sites for hydroxylation is 2. The van der Waals surface area contributed by atoms with Crippen molar-refractivity contribution in [1.82, 2.24) is 30.2 Å². The number of alkyl halides is 3. The molecule has 182 valence electrons. The van der Waals surface area contributed by atoms with Crippen LogP contribution < -0.4 is 10.2 Å². The van der Waals surface area contributed by atoms with Crippen LogP contribution in [0.15, 0.2) is 29.2 Å². The molecule has 3 heterocycles. The number of nitrogens with zero attached hydrogens (tertiary/aromatic N) is 5. The van der Waals surface area contributed by atoms with Crippen molar-refractivity contribution in [1.29, 1.82) is 0 Å². The topological polar surface area (TPSA) is 98.6 Å². The van der Waals surface area contributed by atoms with Gasteiger partial charge in [-0.15, -0.1) is 10.2 Å². The molecule has 0 aliphatic heterocycles. The van der Waals surface area contributed by atoms with E-state index in [9.17, 15) is 26.7 Å². The fourth-order valence-corrected chi connectivity index (χ4v) is 3.63. The number of aromatic nitrogens is 6. The van der Waals surface area contributed by atoms with E-state index < -0.39 is 28.9 Å². The van der Waals surface area contributed by atoms with Gasteiger partial charge in [-0.25, -0.2) is 13.8 Å². The average Bonchev–Trinajstić information content (AvgIpc) is 3.18. The highest BCUT2D eigenvalue weighted by Gasteiger charge is 2.36. The van der Waals surface area contributed by atoms with Gasteiger partial charge in [0.2, 0.25) is 5.82 Å². The second-order valence-corrected chi connectivity index (χ2v) is 7.71. The molecule has 0 amide bonds. The zero-order valence-corrected chi connectivity index (χ0v) is 18.8. The number of benzene rings is 1. The normalized spacial score (nSPS) is 11.7. The molecule has 0 spiro atoms. The quantitative estimate of drug-likeness (QED) is 0.417. The van der Waals surface area contributed by atoms with Crippen molar-refractivity contribution in [2.45, 2.75) is 26.9 Å². The van der Waals surface area contributed by atoms with Crippen LogP contribution in [0.3, 0.4) is 0 Å². The van der Waals surface area contributed by atoms with Crippen molar-refractivity contribution in [3.63, 3.8) is 0 Å². The van der Waals surface area contributed by atoms with Crippen molar-refractivity contribution in [2.75, 3.05) is 0 Å². The number of pyridine rings is 2. The Labute approximate surface area is 194 Å². The zero-order chi connectivity index (χ0) is 25.7. The first kappa shape index (κ1) is 24.0. The van der Waals surface area contributed by atoms with E-state index in [1.807, 2.05) is 0 Å². The van der Waals surface area contributed by atoms with E-state index in [-0.39, 0.29) is 51.0 Å². The fourth-order valence-electron chi connectivity index (χ4n) is 3.63. The molecule has 0 unspecified atom stereocenters. The Bertz CT molecular complexity index is 1510. The molecule has 0 saturated carbocycles. The predicted molar refractivity (Wildman–Crippen MR) is 114 cm³/mol. The summed E-state index contributed by atoms with van der Waals surface area (Å²) in [6.07, 6.45) is -3.98. The molecule has 0 aliphatic rings. The van der Waals surface area contributed by atoms with Gasteiger partial charge in [0, 0.05) is 22.9 Å². The van der Waals surface area contributed by atoms with E-state index in [0.717, 1.165) is 29.2 Å². The fraction of sp³-hybridized carbons (Fsp3) is 0.227. The van der Waals surface area contributed by atoms with Gasteiger partial charge in [0.15, 0.2) is 22.8 Å². The van der Waals surface area contributed by atoms with Crippen LogP contribution in [0.2, 0.25) is 0 Å². The van der Waals surface area contributed by atoms with Crippen LogP contribution in [0, 0.1) is 32.4 Å². The van der Waals surface area contributed by atoms with Crippen LogP contribution in [0.4, 0.5) is 22.0 Å². The first-order valence-corrected chi connectivity index (χ1v) is 10.1. The molecule has 1 N–H and O–H groups in total. The number of nitrogens with one attached hydrogen (secondary N) is 1. The van der Waals surface area contributed by atoms with Gasteiger partial charge >= 0.3 is 6.18 Å². The Morgan fingerprint density at radius 2 is 1.74 bits per heavy atom. The van der Waals surface area contributed by atoms with Crippen LogP contribution in [-0.4, -0.2) is 30.2 Å². The number of halogens is 5. The van der Waals surface area contributed by atoms with Crippen molar-refractivity contribution >= 4 is 0 Å². The van der Waals surface area contributed by atoms with Gasteiger partial charge in [-0.05, 0) is 43.7 Å². The molecular weight excluding hydrogens is 475 g/mol. The predicted octanol–water partition coefficient (Wildman–Crippen LogP) is 4.64. The summed E-state index contributed by atoms with van der Waals surface area (Å²) in [7, 11) is 1.51. The summed E-state index contributed by atoms with van der Waals surface area (Å²) in [6.45, 7) is 3.95. The molecule has 4 aromatic rings. The molecular formula is C22H17F5N6O2. The summed E-state index contributed by atoms with van der Waals surface area (Å²) in [4.78, 5) is 20.5. The smallest absolute Gasteiger partial charge is 0.433 e. The number of ether oxygens (including phenoxy) is 1. The molecule has 0 radical (unpaired) electrons. The Balaban J connectivity index is 1.93. The Kier molecular flexibility index (Phi) is 5.87. The third-order valence-electron chi connectivity index (χ3n) is 5.29. The second-order valence-electron chi connectivity index (χ2n) is 7.71. The Hall–Kier alpha value is -4.16. The number of aromatic amines is 1. The van der Waals surface area contributed by atoms with E-state index in [1.165, 1.54) is 27.8 Å². The molecule has 0 saturated heterocycles. The maximum absolute atomic E-state index is 14.0. The SMILES string of the molecule is Cc1[nH]c(-c2c(Oc3ccc(F)c(F)c3C)cnc(C(F)(F)F)c2C)cc(=O)c1-c1nnn(C)n1. The van der Waals surface area contributed by atoms with Crippen LogP contribution in [0.5, 0.6) is 11.5 Å². The van der Waals surface area contributed by atoms with Gasteiger partial charge in [0.05, 0.1) is 24.5 Å². The van der Waals surface area contributed by atoms with Gasteiger partial charge in [0.25, 0.3) is 0 Å². The van der Waals surface area contributed by atoms with E-state index in [4.69, 9.17) is 4.74 Å². The maximum Gasteiger partial charge on any atom is 0.433 e. The maximum atomic E-state index is 14.0. The Morgan fingerprint density at radius 1 is 1.03 bits per heavy atom. The molecule has 3 aromatic heterocycles. The molecule has 35 heavy (non-hydrogen) atoms. The third kappa shape index (κ3) is 4.36. The van der Waals surface area contributed by atoms with E-state index in [0.29, 0.717) is 0 Å². The van der Waals surface area contributed by atoms with Crippen LogP contribution >= 0.6 is 0 Å². The number of tetrazole rings is 1. The van der Waals surface area contributed by atoms with Crippen molar-refractivity contribution in [3.8, 4) is 34.1 Å². The van der Waals surface area contributed by atoms with Crippen molar-refractivity contribution < 1.29 is 26.7 Å². The molecule has 4 rings (SSSR count). The molecule has 0 atom stereocenters. The van der Waals surface area contributed by atoms with Crippen LogP contribution in [0.25, 0.3) is 22.6 Å². The summed E-state index contributed by atoms with van der Waals surface area (Å²) < 4.78 is 74.1. The highest BCUT2D eigenvalue weighted by atomic mass is 19.4. The van der Waals surface area contributed by atoms with E-state index >= 15 is 0 Å². The third-order valence-corrected chi connectivity index (χ3v) is 5.29. The zero-order valence-electron chi connectivity index (χ0n) is 18.8. The minimum absolute atomic E-state index is 0.0132. The van der Waals surface area contributed by atoms with Gasteiger partial charge < -0.3 is 9.72 Å².